The van der Waals surface area contributed by atoms with Crippen LogP contribution in [0, 0.1) is 0 Å². The van der Waals surface area contributed by atoms with Gasteiger partial charge >= 0.3 is 0 Å². The van der Waals surface area contributed by atoms with Crippen molar-refractivity contribution >= 4 is 40.3 Å². The molecule has 0 radical (unpaired) electrons. The molecule has 1 fully saturated rings. The molecule has 1 heterocycles. The predicted octanol–water partition coefficient (Wildman–Crippen LogP) is 5.65. The van der Waals surface area contributed by atoms with Crippen LogP contribution in [0.25, 0.3) is 6.08 Å². The van der Waals surface area contributed by atoms with E-state index < -0.39 is 0 Å². The van der Waals surface area contributed by atoms with Gasteiger partial charge in [-0.2, -0.15) is 0 Å². The van der Waals surface area contributed by atoms with Crippen LogP contribution >= 0.6 is 24.0 Å². The number of hydrogen-bond donors (Lipinski definition) is 0. The molecule has 0 atom stereocenters. The molecule has 0 N–H and O–H groups in total. The number of benzene rings is 1. The van der Waals surface area contributed by atoms with Crippen LogP contribution in [0.4, 0.5) is 0 Å². The van der Waals surface area contributed by atoms with Crippen molar-refractivity contribution in [3.63, 3.8) is 0 Å². The Morgan fingerprint density at radius 1 is 1.08 bits per heavy atom. The molecule has 0 saturated carbocycles. The largest absolute Gasteiger partial charge is 0.494 e. The van der Waals surface area contributed by atoms with Crippen molar-refractivity contribution in [3.8, 4) is 5.75 Å². The highest BCUT2D eigenvalue weighted by Crippen LogP contribution is 2.31. The van der Waals surface area contributed by atoms with Crippen LogP contribution in [-0.2, 0) is 4.79 Å². The number of thioether (sulfide) groups is 1. The fraction of sp³-hybridized carbons (Fsp3) is 0.500. The third-order valence-electron chi connectivity index (χ3n) is 4.18. The summed E-state index contributed by atoms with van der Waals surface area (Å²) in [5.41, 5.74) is 0.984. The molecule has 0 aliphatic carbocycles. The third-order valence-corrected chi connectivity index (χ3v) is 5.67. The smallest absolute Gasteiger partial charge is 0.265 e. The molecule has 25 heavy (non-hydrogen) atoms. The zero-order valence-electron chi connectivity index (χ0n) is 15.1. The molecule has 1 amide bonds. The number of carbonyl (C=O) groups excluding carboxylic acids is 1. The number of amides is 1. The Kier molecular flexibility index (Phi) is 8.49. The number of unbranched alkanes of at least 4 members (excludes halogenated alkanes) is 6. The molecule has 5 heteroatoms. The fourth-order valence-electron chi connectivity index (χ4n) is 2.61. The molecular weight excluding hydrogens is 350 g/mol. The first-order valence-corrected chi connectivity index (χ1v) is 10.3. The van der Waals surface area contributed by atoms with Gasteiger partial charge in [-0.1, -0.05) is 81.6 Å². The lowest BCUT2D eigenvalue weighted by atomic mass is 10.1. The Morgan fingerprint density at radius 3 is 2.32 bits per heavy atom. The molecule has 2 rings (SSSR count). The third kappa shape index (κ3) is 6.48. The van der Waals surface area contributed by atoms with Crippen molar-refractivity contribution in [2.75, 3.05) is 13.7 Å². The van der Waals surface area contributed by atoms with Crippen molar-refractivity contribution in [1.82, 2.24) is 4.90 Å². The van der Waals surface area contributed by atoms with E-state index in [-0.39, 0.29) is 5.91 Å². The number of rotatable bonds is 10. The van der Waals surface area contributed by atoms with E-state index in [1.807, 2.05) is 30.3 Å². The summed E-state index contributed by atoms with van der Waals surface area (Å²) in [7, 11) is 1.71. The van der Waals surface area contributed by atoms with Crippen molar-refractivity contribution < 1.29 is 9.53 Å². The van der Waals surface area contributed by atoms with Crippen LogP contribution in [0.1, 0.15) is 57.4 Å². The van der Waals surface area contributed by atoms with Gasteiger partial charge in [0, 0.05) is 7.05 Å². The first-order chi connectivity index (χ1) is 12.1. The number of thiocarbonyl (C=S) groups is 1. The molecule has 1 aromatic rings. The highest BCUT2D eigenvalue weighted by Gasteiger charge is 2.28. The number of ether oxygens (including phenoxy) is 1. The second-order valence-corrected chi connectivity index (χ2v) is 7.96. The van der Waals surface area contributed by atoms with Crippen molar-refractivity contribution in [1.29, 1.82) is 0 Å². The Labute approximate surface area is 160 Å². The topological polar surface area (TPSA) is 29.5 Å². The first-order valence-electron chi connectivity index (χ1n) is 9.06. The van der Waals surface area contributed by atoms with Gasteiger partial charge in [-0.3, -0.25) is 9.69 Å². The average molecular weight is 378 g/mol. The van der Waals surface area contributed by atoms with E-state index in [0.29, 0.717) is 9.23 Å². The Morgan fingerprint density at radius 2 is 1.72 bits per heavy atom. The van der Waals surface area contributed by atoms with Crippen molar-refractivity contribution in [2.45, 2.75) is 51.9 Å². The number of hydrogen-bond acceptors (Lipinski definition) is 4. The summed E-state index contributed by atoms with van der Waals surface area (Å²) in [5, 5.41) is 0. The Hall–Kier alpha value is -1.33. The van der Waals surface area contributed by atoms with Gasteiger partial charge < -0.3 is 4.74 Å². The molecule has 1 saturated heterocycles. The van der Waals surface area contributed by atoms with Gasteiger partial charge in [0.2, 0.25) is 0 Å². The number of nitrogens with zero attached hydrogens (tertiary/aromatic N) is 1. The van der Waals surface area contributed by atoms with E-state index in [0.717, 1.165) is 24.3 Å². The maximum absolute atomic E-state index is 12.0. The second kappa shape index (κ2) is 10.6. The summed E-state index contributed by atoms with van der Waals surface area (Å²) >= 11 is 6.48. The Balaban J connectivity index is 1.72. The van der Waals surface area contributed by atoms with Gasteiger partial charge in [-0.15, -0.1) is 0 Å². The molecule has 3 nitrogen and oxygen atoms in total. The van der Waals surface area contributed by atoms with E-state index in [9.17, 15) is 4.79 Å². The average Bonchev–Trinajstić information content (AvgIpc) is 2.85. The van der Waals surface area contributed by atoms with Crippen LogP contribution in [0.5, 0.6) is 5.75 Å². The predicted molar refractivity (Wildman–Crippen MR) is 111 cm³/mol. The minimum absolute atomic E-state index is 0.0331. The zero-order valence-corrected chi connectivity index (χ0v) is 16.8. The molecule has 0 spiro atoms. The quantitative estimate of drug-likeness (QED) is 0.299. The molecule has 0 aromatic heterocycles. The maximum Gasteiger partial charge on any atom is 0.265 e. The van der Waals surface area contributed by atoms with Crippen LogP contribution in [-0.4, -0.2) is 28.8 Å². The summed E-state index contributed by atoms with van der Waals surface area (Å²) in [4.78, 5) is 14.2. The summed E-state index contributed by atoms with van der Waals surface area (Å²) in [6.45, 7) is 3.01. The van der Waals surface area contributed by atoms with Crippen LogP contribution in [0.2, 0.25) is 0 Å². The summed E-state index contributed by atoms with van der Waals surface area (Å²) in [5.74, 6) is 0.848. The van der Waals surface area contributed by atoms with Gasteiger partial charge in [0.25, 0.3) is 5.91 Å². The van der Waals surface area contributed by atoms with Crippen molar-refractivity contribution in [2.24, 2.45) is 0 Å². The van der Waals surface area contributed by atoms with Crippen LogP contribution in [0.15, 0.2) is 29.2 Å². The van der Waals surface area contributed by atoms with Gasteiger partial charge in [0.05, 0.1) is 11.5 Å². The van der Waals surface area contributed by atoms with E-state index in [1.165, 1.54) is 55.2 Å². The van der Waals surface area contributed by atoms with E-state index in [1.54, 1.807) is 7.05 Å². The molecule has 0 unspecified atom stereocenters. The van der Waals surface area contributed by atoms with Gasteiger partial charge in [0.1, 0.15) is 10.1 Å². The minimum Gasteiger partial charge on any atom is -0.494 e. The first kappa shape index (κ1) is 20.0. The van der Waals surface area contributed by atoms with E-state index in [2.05, 4.69) is 6.92 Å². The van der Waals surface area contributed by atoms with E-state index in [4.69, 9.17) is 17.0 Å². The van der Waals surface area contributed by atoms with E-state index >= 15 is 0 Å². The lowest BCUT2D eigenvalue weighted by Crippen LogP contribution is -2.22. The molecule has 1 aromatic carbocycles. The molecule has 136 valence electrons. The highest BCUT2D eigenvalue weighted by atomic mass is 32.2. The highest BCUT2D eigenvalue weighted by molar-refractivity contribution is 8.26. The lowest BCUT2D eigenvalue weighted by Gasteiger charge is -2.06. The zero-order chi connectivity index (χ0) is 18.1. The number of carbonyl (C=O) groups is 1. The molecule has 0 bridgehead atoms. The fourth-order valence-corrected chi connectivity index (χ4v) is 3.79. The van der Waals surface area contributed by atoms with Gasteiger partial charge in [0.15, 0.2) is 0 Å². The van der Waals surface area contributed by atoms with Crippen molar-refractivity contribution in [3.05, 3.63) is 34.7 Å². The number of likely N-dealkylation sites (N-methyl/N-ethyl adjacent to an activating group) is 1. The normalized spacial score (nSPS) is 16.1. The standard InChI is InChI=1S/C20H27NO2S2/c1-3-4-5-6-7-8-9-14-23-17-12-10-16(11-13-17)15-18-19(22)21(2)20(24)25-18/h10-13,15H,3-9,14H2,1-2H3/b18-15+. The lowest BCUT2D eigenvalue weighted by molar-refractivity contribution is -0.121. The molecular formula is C20H27NO2S2. The molecule has 1 aliphatic heterocycles. The van der Waals surface area contributed by atoms with Crippen LogP contribution in [0.3, 0.4) is 0 Å². The summed E-state index contributed by atoms with van der Waals surface area (Å²) < 4.78 is 6.39. The van der Waals surface area contributed by atoms with Crippen LogP contribution < -0.4 is 4.74 Å². The molecule has 1 aliphatic rings. The summed E-state index contributed by atoms with van der Waals surface area (Å²) in [6.07, 6.45) is 10.9. The SMILES string of the molecule is CCCCCCCCCOc1ccc(/C=C2/SC(=S)N(C)C2=O)cc1. The minimum atomic E-state index is -0.0331. The maximum atomic E-state index is 12.0. The van der Waals surface area contributed by atoms with Gasteiger partial charge in [-0.25, -0.2) is 0 Å². The monoisotopic (exact) mass is 377 g/mol. The second-order valence-electron chi connectivity index (χ2n) is 6.28. The Bertz CT molecular complexity index is 611. The van der Waals surface area contributed by atoms with Gasteiger partial charge in [-0.05, 0) is 30.2 Å². The summed E-state index contributed by atoms with van der Waals surface area (Å²) in [6, 6.07) is 7.87.